The molecule has 1 unspecified atom stereocenters. The number of benzene rings is 1. The minimum absolute atomic E-state index is 0.717. The summed E-state index contributed by atoms with van der Waals surface area (Å²) in [5.41, 5.74) is 5.58. The number of hydrogen-bond acceptors (Lipinski definition) is 3. The highest BCUT2D eigenvalue weighted by Gasteiger charge is 2.20. The maximum Gasteiger partial charge on any atom is 0.0572 e. The van der Waals surface area contributed by atoms with Crippen LogP contribution in [0.2, 0.25) is 0 Å². The Bertz CT molecular complexity index is 323. The molecule has 3 heteroatoms. The first-order chi connectivity index (χ1) is 7.79. The Kier molecular flexibility index (Phi) is 3.93. The summed E-state index contributed by atoms with van der Waals surface area (Å²) in [5, 5.41) is 0. The molecule has 1 aliphatic rings. The SMILES string of the molecule is CONCc1ccc(C2CCN(C)C2)cc1. The Morgan fingerprint density at radius 2 is 2.12 bits per heavy atom. The van der Waals surface area contributed by atoms with Crippen LogP contribution in [-0.4, -0.2) is 32.1 Å². The molecule has 1 fully saturated rings. The van der Waals surface area contributed by atoms with Gasteiger partial charge in [-0.3, -0.25) is 0 Å². The van der Waals surface area contributed by atoms with Crippen LogP contribution in [-0.2, 0) is 11.4 Å². The molecule has 0 radical (unpaired) electrons. The number of nitrogens with one attached hydrogen (secondary N) is 1. The van der Waals surface area contributed by atoms with Crippen LogP contribution in [0.1, 0.15) is 23.5 Å². The van der Waals surface area contributed by atoms with Crippen molar-refractivity contribution in [2.75, 3.05) is 27.2 Å². The van der Waals surface area contributed by atoms with Crippen LogP contribution in [0, 0.1) is 0 Å². The van der Waals surface area contributed by atoms with E-state index in [1.807, 2.05) is 0 Å². The Balaban J connectivity index is 1.96. The first-order valence-electron chi connectivity index (χ1n) is 5.83. The van der Waals surface area contributed by atoms with Crippen LogP contribution in [0.25, 0.3) is 0 Å². The average Bonchev–Trinajstić information content (AvgIpc) is 2.74. The summed E-state index contributed by atoms with van der Waals surface area (Å²) >= 11 is 0. The van der Waals surface area contributed by atoms with Gasteiger partial charge in [0.25, 0.3) is 0 Å². The second-order valence-corrected chi connectivity index (χ2v) is 4.51. The normalized spacial score (nSPS) is 21.5. The van der Waals surface area contributed by atoms with Gasteiger partial charge in [-0.15, -0.1) is 0 Å². The lowest BCUT2D eigenvalue weighted by Crippen LogP contribution is -2.13. The standard InChI is InChI=1S/C13H20N2O/c1-15-8-7-13(10-15)12-5-3-11(4-6-12)9-14-16-2/h3-6,13-14H,7-10H2,1-2H3. The molecule has 1 atom stereocenters. The van der Waals surface area contributed by atoms with Crippen molar-refractivity contribution in [1.82, 2.24) is 10.4 Å². The number of hydroxylamine groups is 1. The number of hydrogen-bond donors (Lipinski definition) is 1. The Morgan fingerprint density at radius 3 is 2.69 bits per heavy atom. The molecule has 1 saturated heterocycles. The van der Waals surface area contributed by atoms with Gasteiger partial charge in [-0.25, -0.2) is 0 Å². The Morgan fingerprint density at radius 1 is 1.38 bits per heavy atom. The topological polar surface area (TPSA) is 24.5 Å². The summed E-state index contributed by atoms with van der Waals surface area (Å²) in [5.74, 6) is 0.717. The monoisotopic (exact) mass is 220 g/mol. The van der Waals surface area contributed by atoms with Crippen molar-refractivity contribution in [2.45, 2.75) is 18.9 Å². The van der Waals surface area contributed by atoms with Crippen LogP contribution in [0.4, 0.5) is 0 Å². The van der Waals surface area contributed by atoms with Gasteiger partial charge < -0.3 is 9.74 Å². The van der Waals surface area contributed by atoms with E-state index in [0.717, 1.165) is 12.5 Å². The summed E-state index contributed by atoms with van der Waals surface area (Å²) < 4.78 is 0. The average molecular weight is 220 g/mol. The number of rotatable bonds is 4. The molecule has 3 nitrogen and oxygen atoms in total. The lowest BCUT2D eigenvalue weighted by molar-refractivity contribution is 0.0867. The highest BCUT2D eigenvalue weighted by atomic mass is 16.6. The van der Waals surface area contributed by atoms with E-state index in [0.29, 0.717) is 0 Å². The minimum atomic E-state index is 0.717. The van der Waals surface area contributed by atoms with Crippen molar-refractivity contribution in [1.29, 1.82) is 0 Å². The first kappa shape index (κ1) is 11.6. The van der Waals surface area contributed by atoms with Gasteiger partial charge in [0.05, 0.1) is 7.11 Å². The molecule has 0 amide bonds. The molecular weight excluding hydrogens is 200 g/mol. The zero-order chi connectivity index (χ0) is 11.4. The molecule has 1 aliphatic heterocycles. The predicted molar refractivity (Wildman–Crippen MR) is 65.1 cm³/mol. The van der Waals surface area contributed by atoms with E-state index in [1.54, 1.807) is 7.11 Å². The fourth-order valence-electron chi connectivity index (χ4n) is 2.27. The van der Waals surface area contributed by atoms with Crippen molar-refractivity contribution < 1.29 is 4.84 Å². The molecule has 0 aliphatic carbocycles. The van der Waals surface area contributed by atoms with E-state index < -0.39 is 0 Å². The molecule has 0 aromatic heterocycles. The van der Waals surface area contributed by atoms with Gasteiger partial charge in [-0.2, -0.15) is 5.48 Å². The molecule has 2 rings (SSSR count). The van der Waals surface area contributed by atoms with E-state index in [1.165, 1.54) is 30.6 Å². The second kappa shape index (κ2) is 5.43. The smallest absolute Gasteiger partial charge is 0.0572 e. The fourth-order valence-corrected chi connectivity index (χ4v) is 2.27. The fraction of sp³-hybridized carbons (Fsp3) is 0.538. The van der Waals surface area contributed by atoms with Crippen molar-refractivity contribution >= 4 is 0 Å². The van der Waals surface area contributed by atoms with Gasteiger partial charge >= 0.3 is 0 Å². The summed E-state index contributed by atoms with van der Waals surface area (Å²) in [6.45, 7) is 3.18. The van der Waals surface area contributed by atoms with Gasteiger partial charge in [0.2, 0.25) is 0 Å². The highest BCUT2D eigenvalue weighted by molar-refractivity contribution is 5.26. The van der Waals surface area contributed by atoms with Gasteiger partial charge in [0, 0.05) is 13.1 Å². The zero-order valence-electron chi connectivity index (χ0n) is 10.1. The van der Waals surface area contributed by atoms with Crippen molar-refractivity contribution in [3.63, 3.8) is 0 Å². The summed E-state index contributed by atoms with van der Waals surface area (Å²) in [6, 6.07) is 8.85. The molecule has 0 spiro atoms. The van der Waals surface area contributed by atoms with Crippen molar-refractivity contribution in [3.05, 3.63) is 35.4 Å². The van der Waals surface area contributed by atoms with E-state index in [-0.39, 0.29) is 0 Å². The Labute approximate surface area is 97.4 Å². The lowest BCUT2D eigenvalue weighted by Gasteiger charge is -2.11. The van der Waals surface area contributed by atoms with Crippen LogP contribution >= 0.6 is 0 Å². The summed E-state index contributed by atoms with van der Waals surface area (Å²) in [4.78, 5) is 7.23. The maximum atomic E-state index is 4.83. The third kappa shape index (κ3) is 2.82. The van der Waals surface area contributed by atoms with Crippen molar-refractivity contribution in [2.24, 2.45) is 0 Å². The van der Waals surface area contributed by atoms with Gasteiger partial charge in [0.15, 0.2) is 0 Å². The first-order valence-corrected chi connectivity index (χ1v) is 5.83. The quantitative estimate of drug-likeness (QED) is 0.782. The summed E-state index contributed by atoms with van der Waals surface area (Å²) in [6.07, 6.45) is 1.28. The minimum Gasteiger partial charge on any atom is -0.306 e. The number of likely N-dealkylation sites (N-methyl/N-ethyl adjacent to an activating group) is 1. The summed E-state index contributed by atoms with van der Waals surface area (Å²) in [7, 11) is 3.83. The number of likely N-dealkylation sites (tertiary alicyclic amines) is 1. The number of nitrogens with zero attached hydrogens (tertiary/aromatic N) is 1. The molecule has 1 aromatic carbocycles. The highest BCUT2D eigenvalue weighted by Crippen LogP contribution is 2.26. The van der Waals surface area contributed by atoms with Gasteiger partial charge in [0.1, 0.15) is 0 Å². The van der Waals surface area contributed by atoms with Crippen molar-refractivity contribution in [3.8, 4) is 0 Å². The molecule has 1 aromatic rings. The molecule has 1 N–H and O–H groups in total. The van der Waals surface area contributed by atoms with Gasteiger partial charge in [-0.1, -0.05) is 24.3 Å². The lowest BCUT2D eigenvalue weighted by atomic mass is 9.97. The van der Waals surface area contributed by atoms with Crippen LogP contribution in [0.3, 0.4) is 0 Å². The predicted octanol–water partition coefficient (Wildman–Crippen LogP) is 1.76. The third-order valence-corrected chi connectivity index (χ3v) is 3.26. The largest absolute Gasteiger partial charge is 0.306 e. The Hall–Kier alpha value is -0.900. The van der Waals surface area contributed by atoms with Gasteiger partial charge in [-0.05, 0) is 37.1 Å². The molecule has 88 valence electrons. The van der Waals surface area contributed by atoms with Crippen LogP contribution < -0.4 is 5.48 Å². The van der Waals surface area contributed by atoms with Crippen LogP contribution in [0.15, 0.2) is 24.3 Å². The maximum absolute atomic E-state index is 4.83. The van der Waals surface area contributed by atoms with E-state index in [9.17, 15) is 0 Å². The molecule has 0 bridgehead atoms. The molecule has 0 saturated carbocycles. The third-order valence-electron chi connectivity index (χ3n) is 3.26. The molecule has 16 heavy (non-hydrogen) atoms. The van der Waals surface area contributed by atoms with Crippen LogP contribution in [0.5, 0.6) is 0 Å². The molecule has 1 heterocycles. The van der Waals surface area contributed by atoms with E-state index in [4.69, 9.17) is 4.84 Å². The molecular formula is C13H20N2O. The van der Waals surface area contributed by atoms with E-state index >= 15 is 0 Å². The van der Waals surface area contributed by atoms with E-state index in [2.05, 4.69) is 41.7 Å². The zero-order valence-corrected chi connectivity index (χ0v) is 10.1. The second-order valence-electron chi connectivity index (χ2n) is 4.51.